The summed E-state index contributed by atoms with van der Waals surface area (Å²) in [7, 11) is 0. The average Bonchev–Trinajstić information content (AvgIpc) is 3.02. The van der Waals surface area contributed by atoms with Crippen LogP contribution in [0, 0.1) is 0 Å². The quantitative estimate of drug-likeness (QED) is 0.580. The molecule has 2 N–H and O–H groups in total. The van der Waals surface area contributed by atoms with E-state index in [0.29, 0.717) is 0 Å². The molecule has 3 fully saturated rings. The van der Waals surface area contributed by atoms with E-state index < -0.39 is 51.3 Å². The lowest BCUT2D eigenvalue weighted by Gasteiger charge is -2.26. The van der Waals surface area contributed by atoms with Crippen molar-refractivity contribution in [3.63, 3.8) is 0 Å². The molecule has 166 valence electrons. The Morgan fingerprint density at radius 2 is 0.862 bits per heavy atom. The van der Waals surface area contributed by atoms with Crippen molar-refractivity contribution in [1.82, 2.24) is 0 Å². The summed E-state index contributed by atoms with van der Waals surface area (Å²) in [6.45, 7) is 6.03. The molecule has 0 saturated heterocycles. The Labute approximate surface area is 167 Å². The molecule has 0 spiro atoms. The molecule has 9 heteroatoms. The zero-order valence-corrected chi connectivity index (χ0v) is 17.4. The number of aliphatic hydroxyl groups is 2. The molecule has 3 aliphatic carbocycles. The summed E-state index contributed by atoms with van der Waals surface area (Å²) in [6, 6.07) is 0. The molecule has 0 bridgehead atoms. The third kappa shape index (κ3) is 4.77. The molecule has 0 radical (unpaired) electrons. The molecule has 4 atom stereocenters. The van der Waals surface area contributed by atoms with Crippen LogP contribution in [0.2, 0.25) is 0 Å². The Bertz CT molecular complexity index is 649. The van der Waals surface area contributed by atoms with Gasteiger partial charge in [0.15, 0.2) is 34.5 Å². The highest BCUT2D eigenvalue weighted by molar-refractivity contribution is 6.15. The predicted molar refractivity (Wildman–Crippen MR) is 97.5 cm³/mol. The summed E-state index contributed by atoms with van der Waals surface area (Å²) >= 11 is 0. The summed E-state index contributed by atoms with van der Waals surface area (Å²) in [5.41, 5.74) is -9.14. The van der Waals surface area contributed by atoms with Crippen molar-refractivity contribution >= 4 is 23.1 Å². The second kappa shape index (κ2) is 7.91. The Balaban J connectivity index is 0.000000218. The van der Waals surface area contributed by atoms with Gasteiger partial charge in [0.25, 0.3) is 0 Å². The first kappa shape index (κ1) is 25.4. The minimum absolute atomic E-state index is 0.0752. The fourth-order valence-electron chi connectivity index (χ4n) is 3.11. The van der Waals surface area contributed by atoms with Crippen molar-refractivity contribution in [1.29, 1.82) is 0 Å². The number of hydrogen-bond donors (Lipinski definition) is 2. The third-order valence-electron chi connectivity index (χ3n) is 6.37. The largest absolute Gasteiger partial charge is 0.386 e. The molecule has 3 saturated carbocycles. The van der Waals surface area contributed by atoms with E-state index in [1.807, 2.05) is 0 Å². The monoisotopic (exact) mass is 422 g/mol. The molecule has 0 aromatic carbocycles. The second-order valence-electron chi connectivity index (χ2n) is 8.75. The van der Waals surface area contributed by atoms with E-state index in [1.165, 1.54) is 13.8 Å². The van der Waals surface area contributed by atoms with Gasteiger partial charge in [-0.3, -0.25) is 19.2 Å². The molecule has 0 aromatic rings. The summed E-state index contributed by atoms with van der Waals surface area (Å²) in [4.78, 5) is 42.6. The van der Waals surface area contributed by atoms with Gasteiger partial charge < -0.3 is 10.2 Å². The number of alkyl halides is 3. The zero-order valence-electron chi connectivity index (χ0n) is 17.4. The lowest BCUT2D eigenvalue weighted by Crippen LogP contribution is -2.45. The number of Topliss-reactive ketones (excluding diaryl/α,β-unsaturated/α-hetero) is 4. The van der Waals surface area contributed by atoms with Gasteiger partial charge in [-0.05, 0) is 47.5 Å². The topological polar surface area (TPSA) is 109 Å². The van der Waals surface area contributed by atoms with E-state index >= 15 is 0 Å². The van der Waals surface area contributed by atoms with Crippen LogP contribution in [0.1, 0.15) is 73.1 Å². The van der Waals surface area contributed by atoms with Gasteiger partial charge in [0.2, 0.25) is 5.67 Å². The van der Waals surface area contributed by atoms with E-state index in [1.54, 1.807) is 0 Å². The maximum absolute atomic E-state index is 13.2. The maximum atomic E-state index is 13.2. The lowest BCUT2D eigenvalue weighted by atomic mass is 9.91. The van der Waals surface area contributed by atoms with Crippen molar-refractivity contribution in [2.45, 2.75) is 101 Å². The van der Waals surface area contributed by atoms with Crippen molar-refractivity contribution < 1.29 is 42.6 Å². The van der Waals surface area contributed by atoms with Crippen molar-refractivity contribution in [2.24, 2.45) is 0 Å². The van der Waals surface area contributed by atoms with Crippen LogP contribution in [0.3, 0.4) is 0 Å². The summed E-state index contributed by atoms with van der Waals surface area (Å²) in [5, 5.41) is 18.6. The number of ketones is 4. The Morgan fingerprint density at radius 3 is 0.931 bits per heavy atom. The van der Waals surface area contributed by atoms with Crippen molar-refractivity contribution in [3.05, 3.63) is 0 Å². The van der Waals surface area contributed by atoms with Crippen LogP contribution in [0.4, 0.5) is 13.2 Å². The van der Waals surface area contributed by atoms with Crippen LogP contribution in [0.25, 0.3) is 0 Å². The van der Waals surface area contributed by atoms with Gasteiger partial charge in [-0.1, -0.05) is 0 Å². The number of hydrogen-bond acceptors (Lipinski definition) is 6. The average molecular weight is 422 g/mol. The lowest BCUT2D eigenvalue weighted by molar-refractivity contribution is -0.137. The first-order chi connectivity index (χ1) is 12.8. The van der Waals surface area contributed by atoms with E-state index in [-0.39, 0.29) is 38.5 Å². The van der Waals surface area contributed by atoms with Crippen LogP contribution in [0.15, 0.2) is 0 Å². The molecule has 0 heterocycles. The Morgan fingerprint density at radius 1 is 0.586 bits per heavy atom. The van der Waals surface area contributed by atoms with E-state index in [4.69, 9.17) is 0 Å². The van der Waals surface area contributed by atoms with Gasteiger partial charge in [0.1, 0.15) is 11.2 Å². The van der Waals surface area contributed by atoms with Gasteiger partial charge >= 0.3 is 0 Å². The molecular weight excluding hydrogens is 393 g/mol. The van der Waals surface area contributed by atoms with E-state index in [0.717, 1.165) is 20.8 Å². The standard InChI is InChI=1S/2C7H11FO2.C6H7FO2/c2*1-6(10)4-3-5(9)7(6,2)8;1-6(7)4(8)2-3-5(6)9/h2*10H,3-4H2,1-2H3;2-3H2,1H3/t6-,7+;6-,7-;/m01./s1. The molecule has 0 aromatic heterocycles. The molecule has 0 amide bonds. The number of carbonyl (C=O) groups excluding carboxylic acids is 4. The normalized spacial score (nSPS) is 41.0. The van der Waals surface area contributed by atoms with Crippen LogP contribution in [0.5, 0.6) is 0 Å². The minimum atomic E-state index is -2.17. The highest BCUT2D eigenvalue weighted by Gasteiger charge is 2.55. The van der Waals surface area contributed by atoms with Crippen LogP contribution < -0.4 is 0 Å². The van der Waals surface area contributed by atoms with Crippen LogP contribution >= 0.6 is 0 Å². The van der Waals surface area contributed by atoms with Crippen LogP contribution in [-0.4, -0.2) is 61.6 Å². The van der Waals surface area contributed by atoms with Gasteiger partial charge in [-0.15, -0.1) is 0 Å². The predicted octanol–water partition coefficient (Wildman–Crippen LogP) is 2.30. The number of rotatable bonds is 0. The second-order valence-corrected chi connectivity index (χ2v) is 8.75. The van der Waals surface area contributed by atoms with Gasteiger partial charge in [0, 0.05) is 25.7 Å². The smallest absolute Gasteiger partial charge is 0.223 e. The molecule has 0 aliphatic heterocycles. The minimum Gasteiger partial charge on any atom is -0.386 e. The molecule has 29 heavy (non-hydrogen) atoms. The Hall–Kier alpha value is -1.61. The summed E-state index contributed by atoms with van der Waals surface area (Å²) in [5.74, 6) is -2.13. The van der Waals surface area contributed by atoms with Gasteiger partial charge in [0.05, 0.1) is 0 Å². The molecule has 3 aliphatic rings. The van der Waals surface area contributed by atoms with Gasteiger partial charge in [-0.25, -0.2) is 13.2 Å². The third-order valence-corrected chi connectivity index (χ3v) is 6.37. The van der Waals surface area contributed by atoms with E-state index in [2.05, 4.69) is 0 Å². The molecular formula is C20H29F3O6. The first-order valence-corrected chi connectivity index (χ1v) is 9.45. The summed E-state index contributed by atoms with van der Waals surface area (Å²) in [6.07, 6.45) is 0.926. The number of carbonyl (C=O) groups is 4. The van der Waals surface area contributed by atoms with Crippen molar-refractivity contribution in [3.8, 4) is 0 Å². The van der Waals surface area contributed by atoms with Crippen LogP contribution in [-0.2, 0) is 19.2 Å². The fourth-order valence-corrected chi connectivity index (χ4v) is 3.11. The van der Waals surface area contributed by atoms with E-state index in [9.17, 15) is 42.6 Å². The highest BCUT2D eigenvalue weighted by atomic mass is 19.2. The SMILES string of the molecule is CC1(F)C(=O)CCC1=O.C[C@@]1(O)CCC(=O)[C@@]1(C)F.C[C@]1(O)CCC(=O)[C@@]1(C)F. The highest BCUT2D eigenvalue weighted by Crippen LogP contribution is 2.39. The maximum Gasteiger partial charge on any atom is 0.223 e. The van der Waals surface area contributed by atoms with Crippen molar-refractivity contribution in [2.75, 3.05) is 0 Å². The zero-order chi connectivity index (χ0) is 23.1. The molecule has 6 nitrogen and oxygen atoms in total. The first-order valence-electron chi connectivity index (χ1n) is 9.45. The Kier molecular flexibility index (Phi) is 6.93. The summed E-state index contributed by atoms with van der Waals surface area (Å²) < 4.78 is 39.1. The number of halogens is 3. The molecule has 3 rings (SSSR count). The van der Waals surface area contributed by atoms with Gasteiger partial charge in [-0.2, -0.15) is 0 Å². The molecule has 0 unspecified atom stereocenters. The fraction of sp³-hybridized carbons (Fsp3) is 0.800.